The van der Waals surface area contributed by atoms with Crippen LogP contribution in [0.1, 0.15) is 46.4 Å². The van der Waals surface area contributed by atoms with Crippen LogP contribution >= 0.6 is 0 Å². The maximum atomic E-state index is 12.9. The average Bonchev–Trinajstić information content (AvgIpc) is 3.22. The minimum Gasteiger partial charge on any atom is -0.486 e. The van der Waals surface area contributed by atoms with E-state index in [1.165, 1.54) is 0 Å². The number of aryl methyl sites for hydroxylation is 1. The van der Waals surface area contributed by atoms with E-state index in [-0.39, 0.29) is 17.6 Å². The van der Waals surface area contributed by atoms with Gasteiger partial charge in [0, 0.05) is 31.0 Å². The molecule has 1 aromatic carbocycles. The normalized spacial score (nSPS) is 17.0. The molecule has 27 heavy (non-hydrogen) atoms. The van der Waals surface area contributed by atoms with Gasteiger partial charge in [0.25, 0.3) is 5.91 Å². The summed E-state index contributed by atoms with van der Waals surface area (Å²) in [6, 6.07) is 8.92. The second-order valence-corrected chi connectivity index (χ2v) is 6.91. The standard InChI is InChI=1S/C21H23NO5/c1-2-16-4-6-18(27-16)21(24)22-9-7-14(8-10-22)20(23)15-3-5-17-19(13-15)26-12-11-25-17/h3-6,13-14H,2,7-12H2,1H3. The maximum Gasteiger partial charge on any atom is 0.289 e. The molecule has 2 aliphatic rings. The lowest BCUT2D eigenvalue weighted by molar-refractivity contribution is 0.0623. The van der Waals surface area contributed by atoms with Crippen molar-refractivity contribution in [1.29, 1.82) is 0 Å². The monoisotopic (exact) mass is 369 g/mol. The fourth-order valence-electron chi connectivity index (χ4n) is 3.62. The zero-order valence-electron chi connectivity index (χ0n) is 15.4. The predicted octanol–water partition coefficient (Wildman–Crippen LogP) is 3.35. The number of likely N-dealkylation sites (tertiary alicyclic amines) is 1. The largest absolute Gasteiger partial charge is 0.486 e. The van der Waals surface area contributed by atoms with Crippen molar-refractivity contribution >= 4 is 11.7 Å². The van der Waals surface area contributed by atoms with E-state index in [1.54, 1.807) is 29.2 Å². The Hall–Kier alpha value is -2.76. The van der Waals surface area contributed by atoms with Crippen LogP contribution in [0.2, 0.25) is 0 Å². The van der Waals surface area contributed by atoms with Gasteiger partial charge in [-0.1, -0.05) is 6.92 Å². The number of rotatable bonds is 4. The van der Waals surface area contributed by atoms with Gasteiger partial charge in [0.2, 0.25) is 0 Å². The Morgan fingerprint density at radius 3 is 2.48 bits per heavy atom. The molecule has 2 aromatic rings. The van der Waals surface area contributed by atoms with E-state index in [0.717, 1.165) is 12.2 Å². The number of fused-ring (bicyclic) bond motifs is 1. The maximum absolute atomic E-state index is 12.9. The number of hydrogen-bond acceptors (Lipinski definition) is 5. The molecule has 2 aliphatic heterocycles. The van der Waals surface area contributed by atoms with Gasteiger partial charge in [0.05, 0.1) is 0 Å². The number of carbonyl (C=O) groups is 2. The van der Waals surface area contributed by atoms with Crippen molar-refractivity contribution in [2.24, 2.45) is 5.92 Å². The third kappa shape index (κ3) is 3.56. The number of ether oxygens (including phenoxy) is 2. The number of nitrogens with zero attached hydrogens (tertiary/aromatic N) is 1. The van der Waals surface area contributed by atoms with Crippen LogP contribution in [0.4, 0.5) is 0 Å². The number of benzene rings is 1. The highest BCUT2D eigenvalue weighted by Crippen LogP contribution is 2.32. The molecule has 1 aromatic heterocycles. The van der Waals surface area contributed by atoms with E-state index in [2.05, 4.69) is 0 Å². The Morgan fingerprint density at radius 1 is 1.04 bits per heavy atom. The van der Waals surface area contributed by atoms with Gasteiger partial charge in [-0.05, 0) is 43.2 Å². The van der Waals surface area contributed by atoms with Crippen LogP contribution < -0.4 is 9.47 Å². The molecule has 0 aliphatic carbocycles. The van der Waals surface area contributed by atoms with Crippen LogP contribution in [0.15, 0.2) is 34.7 Å². The molecule has 0 bridgehead atoms. The number of Topliss-reactive ketones (excluding diaryl/α,β-unsaturated/α-hetero) is 1. The van der Waals surface area contributed by atoms with Gasteiger partial charge in [0.15, 0.2) is 23.0 Å². The lowest BCUT2D eigenvalue weighted by atomic mass is 9.88. The first kappa shape index (κ1) is 17.6. The minimum absolute atomic E-state index is 0.0839. The molecule has 6 heteroatoms. The summed E-state index contributed by atoms with van der Waals surface area (Å²) in [6.07, 6.45) is 2.07. The highest BCUT2D eigenvalue weighted by atomic mass is 16.6. The van der Waals surface area contributed by atoms with Gasteiger partial charge in [-0.25, -0.2) is 0 Å². The van der Waals surface area contributed by atoms with Crippen molar-refractivity contribution in [3.8, 4) is 11.5 Å². The molecule has 1 fully saturated rings. The quantitative estimate of drug-likeness (QED) is 0.773. The highest BCUT2D eigenvalue weighted by molar-refractivity contribution is 5.99. The second-order valence-electron chi connectivity index (χ2n) is 6.91. The molecule has 0 radical (unpaired) electrons. The summed E-state index contributed by atoms with van der Waals surface area (Å²) in [5.41, 5.74) is 0.641. The van der Waals surface area contributed by atoms with Crippen LogP contribution in [0, 0.1) is 5.92 Å². The molecule has 1 saturated heterocycles. The molecule has 0 saturated carbocycles. The molecule has 142 valence electrons. The predicted molar refractivity (Wildman–Crippen MR) is 98.5 cm³/mol. The van der Waals surface area contributed by atoms with E-state index in [9.17, 15) is 9.59 Å². The van der Waals surface area contributed by atoms with Gasteiger partial charge in [-0.3, -0.25) is 9.59 Å². The first-order valence-corrected chi connectivity index (χ1v) is 9.47. The highest BCUT2D eigenvalue weighted by Gasteiger charge is 2.30. The molecule has 4 rings (SSSR count). The van der Waals surface area contributed by atoms with Gasteiger partial charge >= 0.3 is 0 Å². The van der Waals surface area contributed by atoms with Crippen molar-refractivity contribution in [2.45, 2.75) is 26.2 Å². The zero-order valence-corrected chi connectivity index (χ0v) is 15.4. The summed E-state index contributed by atoms with van der Waals surface area (Å²) in [4.78, 5) is 27.2. The molecule has 6 nitrogen and oxygen atoms in total. The lowest BCUT2D eigenvalue weighted by Crippen LogP contribution is -2.40. The molecule has 0 N–H and O–H groups in total. The molecule has 1 amide bonds. The van der Waals surface area contributed by atoms with Crippen molar-refractivity contribution < 1.29 is 23.5 Å². The van der Waals surface area contributed by atoms with E-state index >= 15 is 0 Å². The Labute approximate surface area is 158 Å². The minimum atomic E-state index is -0.0973. The molecular formula is C21H23NO5. The fourth-order valence-corrected chi connectivity index (χ4v) is 3.62. The molecular weight excluding hydrogens is 346 g/mol. The van der Waals surface area contributed by atoms with Crippen LogP contribution in [0.3, 0.4) is 0 Å². The van der Waals surface area contributed by atoms with Crippen LogP contribution in [-0.4, -0.2) is 42.9 Å². The Bertz CT molecular complexity index is 848. The van der Waals surface area contributed by atoms with Crippen LogP contribution in [0.5, 0.6) is 11.5 Å². The number of piperidine rings is 1. The summed E-state index contributed by atoms with van der Waals surface area (Å²) in [7, 11) is 0. The zero-order chi connectivity index (χ0) is 18.8. The number of amides is 1. The van der Waals surface area contributed by atoms with Crippen LogP contribution in [-0.2, 0) is 6.42 Å². The van der Waals surface area contributed by atoms with Gasteiger partial charge < -0.3 is 18.8 Å². The van der Waals surface area contributed by atoms with Gasteiger partial charge in [-0.2, -0.15) is 0 Å². The van der Waals surface area contributed by atoms with Crippen molar-refractivity contribution in [3.63, 3.8) is 0 Å². The van der Waals surface area contributed by atoms with E-state index in [4.69, 9.17) is 13.9 Å². The fraction of sp³-hybridized carbons (Fsp3) is 0.429. The summed E-state index contributed by atoms with van der Waals surface area (Å²) < 4.78 is 16.6. The Morgan fingerprint density at radius 2 is 1.78 bits per heavy atom. The summed E-state index contributed by atoms with van der Waals surface area (Å²) >= 11 is 0. The first-order valence-electron chi connectivity index (χ1n) is 9.47. The summed E-state index contributed by atoms with van der Waals surface area (Å²) in [6.45, 7) is 4.13. The summed E-state index contributed by atoms with van der Waals surface area (Å²) in [5, 5.41) is 0. The number of hydrogen-bond donors (Lipinski definition) is 0. The van der Waals surface area contributed by atoms with Crippen LogP contribution in [0.25, 0.3) is 0 Å². The topological polar surface area (TPSA) is 69.0 Å². The second kappa shape index (κ2) is 7.47. The van der Waals surface area contributed by atoms with E-state index in [0.29, 0.717) is 62.0 Å². The van der Waals surface area contributed by atoms with E-state index < -0.39 is 0 Å². The number of carbonyl (C=O) groups excluding carboxylic acids is 2. The van der Waals surface area contributed by atoms with Gasteiger partial charge in [-0.15, -0.1) is 0 Å². The molecule has 0 atom stereocenters. The number of ketones is 1. The Balaban J connectivity index is 1.38. The number of furan rings is 1. The van der Waals surface area contributed by atoms with E-state index in [1.807, 2.05) is 13.0 Å². The molecule has 3 heterocycles. The lowest BCUT2D eigenvalue weighted by Gasteiger charge is -2.31. The third-order valence-corrected chi connectivity index (χ3v) is 5.20. The van der Waals surface area contributed by atoms with Crippen molar-refractivity contribution in [2.75, 3.05) is 26.3 Å². The van der Waals surface area contributed by atoms with Gasteiger partial charge in [0.1, 0.15) is 19.0 Å². The smallest absolute Gasteiger partial charge is 0.289 e. The third-order valence-electron chi connectivity index (χ3n) is 5.20. The average molecular weight is 369 g/mol. The molecule has 0 unspecified atom stereocenters. The van der Waals surface area contributed by atoms with Crippen molar-refractivity contribution in [3.05, 3.63) is 47.4 Å². The Kier molecular flexibility index (Phi) is 4.88. The molecule has 0 spiro atoms. The van der Waals surface area contributed by atoms with Crippen molar-refractivity contribution in [1.82, 2.24) is 4.90 Å². The first-order chi connectivity index (χ1) is 13.2. The SMILES string of the molecule is CCc1ccc(C(=O)N2CCC(C(=O)c3ccc4c(c3)OCCO4)CC2)o1. The summed E-state index contributed by atoms with van der Waals surface area (Å²) in [5.74, 6) is 2.42.